The van der Waals surface area contributed by atoms with Crippen LogP contribution in [0, 0.1) is 0 Å². The van der Waals surface area contributed by atoms with Crippen molar-refractivity contribution in [2.45, 2.75) is 309 Å². The van der Waals surface area contributed by atoms with Crippen LogP contribution in [0.3, 0.4) is 0 Å². The molecule has 0 aliphatic heterocycles. The number of hydrogen-bond donors (Lipinski definition) is 3. The van der Waals surface area contributed by atoms with Gasteiger partial charge >= 0.3 is 5.97 Å². The van der Waals surface area contributed by atoms with Crippen LogP contribution < -0.4 is 5.32 Å². The number of carbonyl (C=O) groups excluding carboxylic acids is 2. The lowest BCUT2D eigenvalue weighted by molar-refractivity contribution is -0.151. The van der Waals surface area contributed by atoms with Crippen molar-refractivity contribution in [2.75, 3.05) is 6.61 Å². The molecular weight excluding hydrogens is 731 g/mol. The Labute approximate surface area is 368 Å². The van der Waals surface area contributed by atoms with Crippen molar-refractivity contribution in [1.82, 2.24) is 5.32 Å². The minimum atomic E-state index is -0.785. The molecule has 0 spiro atoms. The van der Waals surface area contributed by atoms with Crippen molar-refractivity contribution in [3.05, 3.63) is 12.2 Å². The number of unbranched alkanes of at least 4 members (excludes halogenated alkanes) is 34. The number of ether oxygens (including phenoxy) is 1. The maximum absolute atomic E-state index is 13.2. The summed E-state index contributed by atoms with van der Waals surface area (Å²) in [6, 6.07) is -0.699. The van der Waals surface area contributed by atoms with Gasteiger partial charge in [-0.3, -0.25) is 9.59 Å². The normalized spacial score (nSPS) is 13.2. The number of carbonyl (C=O) groups is 2. The third-order valence-corrected chi connectivity index (χ3v) is 12.3. The maximum atomic E-state index is 13.2. The predicted molar refractivity (Wildman–Crippen MR) is 255 cm³/mol. The SMILES string of the molecule is CCCC/C=C\CCCCCC(CC(=O)NC(CO)C(O)CCCCCCCCCCCCCCCCCC)OC(=O)CCCCCCCCCCCCCCCCC. The molecule has 0 heterocycles. The lowest BCUT2D eigenvalue weighted by atomic mass is 10.0. The van der Waals surface area contributed by atoms with E-state index < -0.39 is 18.2 Å². The van der Waals surface area contributed by atoms with Gasteiger partial charge in [-0.1, -0.05) is 245 Å². The molecule has 0 aromatic heterocycles. The summed E-state index contributed by atoms with van der Waals surface area (Å²) in [6.45, 7) is 6.46. The van der Waals surface area contributed by atoms with Crippen molar-refractivity contribution in [3.63, 3.8) is 0 Å². The van der Waals surface area contributed by atoms with Crippen molar-refractivity contribution < 1.29 is 24.5 Å². The fraction of sp³-hybridized carbons (Fsp3) is 0.925. The molecule has 0 saturated heterocycles. The smallest absolute Gasteiger partial charge is 0.306 e. The number of esters is 1. The van der Waals surface area contributed by atoms with E-state index >= 15 is 0 Å². The number of aliphatic hydroxyl groups excluding tert-OH is 2. The second-order valence-corrected chi connectivity index (χ2v) is 18.3. The van der Waals surface area contributed by atoms with Crippen molar-refractivity contribution in [2.24, 2.45) is 0 Å². The number of amides is 1. The summed E-state index contributed by atoms with van der Waals surface area (Å²) in [5, 5.41) is 23.8. The van der Waals surface area contributed by atoms with E-state index in [1.807, 2.05) is 0 Å². The van der Waals surface area contributed by atoms with E-state index in [1.165, 1.54) is 180 Å². The molecule has 0 aromatic rings. The maximum Gasteiger partial charge on any atom is 0.306 e. The monoisotopic (exact) mass is 834 g/mol. The van der Waals surface area contributed by atoms with Gasteiger partial charge in [0, 0.05) is 6.42 Å². The molecule has 6 nitrogen and oxygen atoms in total. The standard InChI is InChI=1S/C53H103NO5/c1-4-7-10-13-16-19-21-23-25-27-28-30-33-36-39-42-45-51(56)50(48-55)54-52(57)47-49(44-41-38-35-32-18-15-12-9-6-3)59-53(58)46-43-40-37-34-31-29-26-24-22-20-17-14-11-8-5-2/h15,18,49-51,55-56H,4-14,16-17,19-48H2,1-3H3,(H,54,57)/b18-15-. The van der Waals surface area contributed by atoms with E-state index in [0.29, 0.717) is 19.3 Å². The van der Waals surface area contributed by atoms with Crippen molar-refractivity contribution >= 4 is 11.9 Å². The Kier molecular flexibility index (Phi) is 46.5. The Morgan fingerprint density at radius 1 is 0.475 bits per heavy atom. The molecule has 6 heteroatoms. The van der Waals surface area contributed by atoms with Crippen molar-refractivity contribution in [1.29, 1.82) is 0 Å². The highest BCUT2D eigenvalue weighted by Gasteiger charge is 2.24. The van der Waals surface area contributed by atoms with Crippen LogP contribution in [0.15, 0.2) is 12.2 Å². The first kappa shape index (κ1) is 57.6. The zero-order valence-corrected chi connectivity index (χ0v) is 39.9. The summed E-state index contributed by atoms with van der Waals surface area (Å²) in [5.41, 5.74) is 0. The lowest BCUT2D eigenvalue weighted by Gasteiger charge is -2.24. The van der Waals surface area contributed by atoms with Crippen LogP contribution in [0.25, 0.3) is 0 Å². The number of allylic oxidation sites excluding steroid dienone is 2. The average molecular weight is 834 g/mol. The first-order valence-electron chi connectivity index (χ1n) is 26.4. The molecule has 0 fully saturated rings. The molecule has 0 bridgehead atoms. The summed E-state index contributed by atoms with van der Waals surface area (Å²) < 4.78 is 5.91. The van der Waals surface area contributed by atoms with Gasteiger partial charge in [-0.15, -0.1) is 0 Å². The van der Waals surface area contributed by atoms with Crippen LogP contribution in [0.2, 0.25) is 0 Å². The zero-order valence-electron chi connectivity index (χ0n) is 39.9. The first-order chi connectivity index (χ1) is 29.0. The van der Waals surface area contributed by atoms with Gasteiger partial charge in [0.2, 0.25) is 5.91 Å². The van der Waals surface area contributed by atoms with Crippen LogP contribution in [0.5, 0.6) is 0 Å². The summed E-state index contributed by atoms with van der Waals surface area (Å²) in [5.74, 6) is -0.475. The van der Waals surface area contributed by atoms with Crippen LogP contribution in [-0.2, 0) is 14.3 Å². The molecule has 0 aliphatic carbocycles. The van der Waals surface area contributed by atoms with E-state index in [-0.39, 0.29) is 24.9 Å². The fourth-order valence-electron chi connectivity index (χ4n) is 8.30. The van der Waals surface area contributed by atoms with Gasteiger partial charge < -0.3 is 20.3 Å². The summed E-state index contributed by atoms with van der Waals surface area (Å²) in [7, 11) is 0. The Hall–Kier alpha value is -1.40. The molecular formula is C53H103NO5. The summed E-state index contributed by atoms with van der Waals surface area (Å²) >= 11 is 0. The quantitative estimate of drug-likeness (QED) is 0.0322. The molecule has 0 saturated carbocycles. The molecule has 350 valence electrons. The van der Waals surface area contributed by atoms with Gasteiger partial charge in [0.25, 0.3) is 0 Å². The Balaban J connectivity index is 4.39. The number of rotatable bonds is 48. The molecule has 0 radical (unpaired) electrons. The second kappa shape index (κ2) is 47.6. The Morgan fingerprint density at radius 3 is 1.25 bits per heavy atom. The third-order valence-electron chi connectivity index (χ3n) is 12.3. The zero-order chi connectivity index (χ0) is 43.1. The molecule has 1 amide bonds. The van der Waals surface area contributed by atoms with Crippen LogP contribution in [0.4, 0.5) is 0 Å². The largest absolute Gasteiger partial charge is 0.462 e. The fourth-order valence-corrected chi connectivity index (χ4v) is 8.30. The number of nitrogens with one attached hydrogen (secondary N) is 1. The molecule has 0 aromatic carbocycles. The van der Waals surface area contributed by atoms with Crippen LogP contribution in [-0.4, -0.2) is 46.9 Å². The number of hydrogen-bond acceptors (Lipinski definition) is 5. The van der Waals surface area contributed by atoms with Gasteiger partial charge in [0.1, 0.15) is 6.10 Å². The third kappa shape index (κ3) is 43.1. The molecule has 3 atom stereocenters. The molecule has 3 unspecified atom stereocenters. The van der Waals surface area contributed by atoms with E-state index in [0.717, 1.165) is 64.2 Å². The Bertz CT molecular complexity index is 893. The van der Waals surface area contributed by atoms with Gasteiger partial charge in [-0.2, -0.15) is 0 Å². The van der Waals surface area contributed by atoms with Gasteiger partial charge in [-0.05, 0) is 44.9 Å². The average Bonchev–Trinajstić information content (AvgIpc) is 3.23. The molecule has 59 heavy (non-hydrogen) atoms. The highest BCUT2D eigenvalue weighted by atomic mass is 16.5. The molecule has 3 N–H and O–H groups in total. The van der Waals surface area contributed by atoms with Crippen molar-refractivity contribution in [3.8, 4) is 0 Å². The van der Waals surface area contributed by atoms with Crippen LogP contribution in [0.1, 0.15) is 290 Å². The van der Waals surface area contributed by atoms with Gasteiger partial charge in [0.05, 0.1) is 25.2 Å². The lowest BCUT2D eigenvalue weighted by Crippen LogP contribution is -2.46. The highest BCUT2D eigenvalue weighted by Crippen LogP contribution is 2.18. The first-order valence-corrected chi connectivity index (χ1v) is 26.4. The van der Waals surface area contributed by atoms with E-state index in [9.17, 15) is 19.8 Å². The Morgan fingerprint density at radius 2 is 0.831 bits per heavy atom. The van der Waals surface area contributed by atoms with Gasteiger partial charge in [-0.25, -0.2) is 0 Å². The van der Waals surface area contributed by atoms with E-state index in [2.05, 4.69) is 38.2 Å². The molecule has 0 rings (SSSR count). The highest BCUT2D eigenvalue weighted by molar-refractivity contribution is 5.77. The minimum Gasteiger partial charge on any atom is -0.462 e. The summed E-state index contributed by atoms with van der Waals surface area (Å²) in [4.78, 5) is 26.1. The summed E-state index contributed by atoms with van der Waals surface area (Å²) in [6.07, 6.45) is 52.8. The second-order valence-electron chi connectivity index (χ2n) is 18.3. The molecule has 0 aliphatic rings. The topological polar surface area (TPSA) is 95.9 Å². The van der Waals surface area contributed by atoms with Gasteiger partial charge in [0.15, 0.2) is 0 Å². The predicted octanol–water partition coefficient (Wildman–Crippen LogP) is 15.7. The number of aliphatic hydroxyl groups is 2. The minimum absolute atomic E-state index is 0.0732. The van der Waals surface area contributed by atoms with E-state index in [1.54, 1.807) is 0 Å². The van der Waals surface area contributed by atoms with Crippen LogP contribution >= 0.6 is 0 Å². The van der Waals surface area contributed by atoms with E-state index in [4.69, 9.17) is 4.74 Å².